The molecule has 0 saturated carbocycles. The first-order valence-corrected chi connectivity index (χ1v) is 6.25. The average molecular weight is 274 g/mol. The van der Waals surface area contributed by atoms with Gasteiger partial charge in [0.25, 0.3) is 5.88 Å². The molecular formula is C11H16ClN3O3. The van der Waals surface area contributed by atoms with Crippen LogP contribution in [0.5, 0.6) is 5.88 Å². The standard InChI is InChI=1S/C11H16ClN3O3/c1-3-4-5-6-7-18-10-9(15(16)17)8(2)13-11(12)14-10/h3-7H2,1-2H3. The van der Waals surface area contributed by atoms with Crippen LogP contribution >= 0.6 is 11.6 Å². The SMILES string of the molecule is CCCCCCOc1nc(Cl)nc(C)c1[N+](=O)[O-]. The maximum absolute atomic E-state index is 10.9. The zero-order valence-corrected chi connectivity index (χ0v) is 11.2. The van der Waals surface area contributed by atoms with Gasteiger partial charge in [0.2, 0.25) is 5.28 Å². The molecular weight excluding hydrogens is 258 g/mol. The first kappa shape index (κ1) is 14.6. The molecule has 0 aliphatic rings. The lowest BCUT2D eigenvalue weighted by Crippen LogP contribution is -2.05. The number of nitro groups is 1. The highest BCUT2D eigenvalue weighted by Gasteiger charge is 2.23. The van der Waals surface area contributed by atoms with E-state index in [1.165, 1.54) is 6.92 Å². The van der Waals surface area contributed by atoms with Crippen LogP contribution in [0.15, 0.2) is 0 Å². The molecule has 1 rings (SSSR count). The maximum atomic E-state index is 10.9. The Kier molecular flexibility index (Phi) is 5.77. The van der Waals surface area contributed by atoms with Crippen molar-refractivity contribution in [1.82, 2.24) is 9.97 Å². The average Bonchev–Trinajstić information content (AvgIpc) is 2.27. The van der Waals surface area contributed by atoms with E-state index in [1.807, 2.05) is 0 Å². The molecule has 7 heteroatoms. The van der Waals surface area contributed by atoms with Gasteiger partial charge in [0, 0.05) is 0 Å². The highest BCUT2D eigenvalue weighted by Crippen LogP contribution is 2.28. The molecule has 6 nitrogen and oxygen atoms in total. The first-order valence-electron chi connectivity index (χ1n) is 5.87. The summed E-state index contributed by atoms with van der Waals surface area (Å²) in [6, 6.07) is 0. The Morgan fingerprint density at radius 1 is 1.33 bits per heavy atom. The molecule has 0 saturated heterocycles. The number of hydrogen-bond acceptors (Lipinski definition) is 5. The van der Waals surface area contributed by atoms with Crippen LogP contribution in [-0.4, -0.2) is 21.5 Å². The summed E-state index contributed by atoms with van der Waals surface area (Å²) in [4.78, 5) is 17.9. The Hall–Kier alpha value is -1.43. The molecule has 100 valence electrons. The van der Waals surface area contributed by atoms with E-state index in [0.717, 1.165) is 25.7 Å². The van der Waals surface area contributed by atoms with Crippen LogP contribution in [0.2, 0.25) is 5.28 Å². The minimum Gasteiger partial charge on any atom is -0.473 e. The molecule has 1 heterocycles. The van der Waals surface area contributed by atoms with Crippen LogP contribution in [0.1, 0.15) is 38.3 Å². The molecule has 0 spiro atoms. The lowest BCUT2D eigenvalue weighted by Gasteiger charge is -2.06. The van der Waals surface area contributed by atoms with E-state index in [1.54, 1.807) is 0 Å². The molecule has 1 aromatic heterocycles. The van der Waals surface area contributed by atoms with Crippen LogP contribution in [0.25, 0.3) is 0 Å². The molecule has 0 aromatic carbocycles. The van der Waals surface area contributed by atoms with Crippen LogP contribution < -0.4 is 4.74 Å². The Morgan fingerprint density at radius 3 is 2.67 bits per heavy atom. The highest BCUT2D eigenvalue weighted by molar-refractivity contribution is 6.28. The fourth-order valence-electron chi connectivity index (χ4n) is 1.52. The molecule has 0 aliphatic carbocycles. The Morgan fingerprint density at radius 2 is 2.06 bits per heavy atom. The molecule has 0 atom stereocenters. The number of nitrogens with zero attached hydrogens (tertiary/aromatic N) is 3. The number of halogens is 1. The largest absolute Gasteiger partial charge is 0.473 e. The zero-order valence-electron chi connectivity index (χ0n) is 10.5. The second-order valence-electron chi connectivity index (χ2n) is 3.90. The van der Waals surface area contributed by atoms with E-state index >= 15 is 0 Å². The van der Waals surface area contributed by atoms with E-state index in [0.29, 0.717) is 6.61 Å². The van der Waals surface area contributed by atoms with Gasteiger partial charge in [-0.1, -0.05) is 26.2 Å². The molecule has 0 radical (unpaired) electrons. The van der Waals surface area contributed by atoms with E-state index in [4.69, 9.17) is 16.3 Å². The summed E-state index contributed by atoms with van der Waals surface area (Å²) in [5.74, 6) is -0.0472. The van der Waals surface area contributed by atoms with Crippen molar-refractivity contribution in [3.8, 4) is 5.88 Å². The van der Waals surface area contributed by atoms with Crippen molar-refractivity contribution in [2.45, 2.75) is 39.5 Å². The zero-order chi connectivity index (χ0) is 13.5. The number of aryl methyl sites for hydroxylation is 1. The summed E-state index contributed by atoms with van der Waals surface area (Å²) in [5.41, 5.74) is -0.00144. The predicted octanol–water partition coefficient (Wildman–Crippen LogP) is 3.31. The Balaban J connectivity index is 2.71. The van der Waals surface area contributed by atoms with Crippen molar-refractivity contribution in [3.63, 3.8) is 0 Å². The lowest BCUT2D eigenvalue weighted by molar-refractivity contribution is -0.387. The number of aromatic nitrogens is 2. The van der Waals surface area contributed by atoms with E-state index < -0.39 is 4.92 Å². The lowest BCUT2D eigenvalue weighted by atomic mass is 10.2. The second-order valence-corrected chi connectivity index (χ2v) is 4.24. The van der Waals surface area contributed by atoms with Crippen molar-refractivity contribution < 1.29 is 9.66 Å². The van der Waals surface area contributed by atoms with E-state index in [-0.39, 0.29) is 22.5 Å². The highest BCUT2D eigenvalue weighted by atomic mass is 35.5. The number of ether oxygens (including phenoxy) is 1. The first-order chi connectivity index (χ1) is 8.56. The van der Waals surface area contributed by atoms with Crippen molar-refractivity contribution in [2.75, 3.05) is 6.61 Å². The molecule has 0 aliphatic heterocycles. The molecule has 0 fully saturated rings. The molecule has 0 bridgehead atoms. The van der Waals surface area contributed by atoms with Gasteiger partial charge >= 0.3 is 5.69 Å². The molecule has 0 amide bonds. The minimum absolute atomic E-state index is 0.0401. The van der Waals surface area contributed by atoms with Crippen LogP contribution in [0, 0.1) is 17.0 Å². The molecule has 18 heavy (non-hydrogen) atoms. The fraction of sp³-hybridized carbons (Fsp3) is 0.636. The van der Waals surface area contributed by atoms with Gasteiger partial charge in [-0.05, 0) is 24.9 Å². The predicted molar refractivity (Wildman–Crippen MR) is 68.1 cm³/mol. The number of rotatable bonds is 7. The van der Waals surface area contributed by atoms with E-state index in [9.17, 15) is 10.1 Å². The van der Waals surface area contributed by atoms with Crippen molar-refractivity contribution in [2.24, 2.45) is 0 Å². The Bertz CT molecular complexity index is 426. The van der Waals surface area contributed by atoms with Gasteiger partial charge in [-0.3, -0.25) is 10.1 Å². The third kappa shape index (κ3) is 4.10. The third-order valence-corrected chi connectivity index (χ3v) is 2.59. The molecule has 0 N–H and O–H groups in total. The summed E-state index contributed by atoms with van der Waals surface area (Å²) >= 11 is 5.66. The summed E-state index contributed by atoms with van der Waals surface area (Å²) in [7, 11) is 0. The van der Waals surface area contributed by atoms with Crippen molar-refractivity contribution >= 4 is 17.3 Å². The van der Waals surface area contributed by atoms with E-state index in [2.05, 4.69) is 16.9 Å². The monoisotopic (exact) mass is 273 g/mol. The van der Waals surface area contributed by atoms with Crippen molar-refractivity contribution in [3.05, 3.63) is 21.1 Å². The second kappa shape index (κ2) is 7.10. The third-order valence-electron chi connectivity index (χ3n) is 2.42. The quantitative estimate of drug-likeness (QED) is 0.330. The van der Waals surface area contributed by atoms with Crippen molar-refractivity contribution in [1.29, 1.82) is 0 Å². The summed E-state index contributed by atoms with van der Waals surface area (Å²) in [6.45, 7) is 4.02. The van der Waals surface area contributed by atoms with Gasteiger partial charge in [0.1, 0.15) is 5.69 Å². The maximum Gasteiger partial charge on any atom is 0.352 e. The Labute approximate surface area is 110 Å². The van der Waals surface area contributed by atoms with Gasteiger partial charge in [0.05, 0.1) is 11.5 Å². The number of unbranched alkanes of at least 4 members (excludes halogenated alkanes) is 3. The van der Waals surface area contributed by atoms with Crippen LogP contribution in [0.3, 0.4) is 0 Å². The fourth-order valence-corrected chi connectivity index (χ4v) is 1.72. The van der Waals surface area contributed by atoms with Crippen LogP contribution in [-0.2, 0) is 0 Å². The summed E-state index contributed by atoms with van der Waals surface area (Å²) in [5, 5.41) is 10.9. The van der Waals surface area contributed by atoms with Gasteiger partial charge in [0.15, 0.2) is 0 Å². The summed E-state index contributed by atoms with van der Waals surface area (Å²) < 4.78 is 5.33. The normalized spacial score (nSPS) is 10.4. The molecule has 1 aromatic rings. The smallest absolute Gasteiger partial charge is 0.352 e. The van der Waals surface area contributed by atoms with Gasteiger partial charge in [-0.25, -0.2) is 4.98 Å². The minimum atomic E-state index is -0.549. The van der Waals surface area contributed by atoms with Gasteiger partial charge < -0.3 is 4.74 Å². The van der Waals surface area contributed by atoms with Crippen LogP contribution in [0.4, 0.5) is 5.69 Å². The number of hydrogen-bond donors (Lipinski definition) is 0. The van der Waals surface area contributed by atoms with Gasteiger partial charge in [-0.2, -0.15) is 4.98 Å². The summed E-state index contributed by atoms with van der Waals surface area (Å²) in [6.07, 6.45) is 4.11. The van der Waals surface area contributed by atoms with Gasteiger partial charge in [-0.15, -0.1) is 0 Å². The molecule has 0 unspecified atom stereocenters. The topological polar surface area (TPSA) is 78.2 Å².